The number of ether oxygens (including phenoxy) is 1. The van der Waals surface area contributed by atoms with Crippen molar-refractivity contribution in [2.75, 3.05) is 38.3 Å². The molecule has 2 amide bonds. The fourth-order valence-corrected chi connectivity index (χ4v) is 4.19. The molecule has 9 nitrogen and oxygen atoms in total. The summed E-state index contributed by atoms with van der Waals surface area (Å²) in [6.45, 7) is 6.37. The van der Waals surface area contributed by atoms with Crippen LogP contribution >= 0.6 is 0 Å². The number of pyridine rings is 2. The minimum atomic E-state index is -0.563. The minimum Gasteiger partial charge on any atom is -0.370 e. The van der Waals surface area contributed by atoms with E-state index in [-0.39, 0.29) is 24.2 Å². The zero-order valence-electron chi connectivity index (χ0n) is 19.4. The number of aromatic nitrogens is 3. The molecule has 0 unspecified atom stereocenters. The Bertz CT molecular complexity index is 1170. The van der Waals surface area contributed by atoms with E-state index in [9.17, 15) is 9.59 Å². The summed E-state index contributed by atoms with van der Waals surface area (Å²) in [6.07, 6.45) is 7.26. The van der Waals surface area contributed by atoms with Crippen LogP contribution in [0.3, 0.4) is 0 Å². The van der Waals surface area contributed by atoms with Gasteiger partial charge in [0.1, 0.15) is 23.8 Å². The van der Waals surface area contributed by atoms with E-state index in [2.05, 4.69) is 21.4 Å². The average Bonchev–Trinajstić information content (AvgIpc) is 3.28. The van der Waals surface area contributed by atoms with Crippen molar-refractivity contribution in [3.05, 3.63) is 60.6 Å². The van der Waals surface area contributed by atoms with Crippen molar-refractivity contribution in [3.63, 3.8) is 0 Å². The molecule has 1 aliphatic heterocycles. The lowest BCUT2D eigenvalue weighted by Gasteiger charge is -2.37. The predicted octanol–water partition coefficient (Wildman–Crippen LogP) is 2.32. The van der Waals surface area contributed by atoms with Crippen molar-refractivity contribution >= 4 is 34.7 Å². The highest BCUT2D eigenvalue weighted by atomic mass is 16.5. The second-order valence-corrected chi connectivity index (χ2v) is 8.41. The first-order valence-electron chi connectivity index (χ1n) is 11.4. The molecule has 1 aliphatic rings. The van der Waals surface area contributed by atoms with Crippen molar-refractivity contribution in [2.24, 2.45) is 5.73 Å². The first kappa shape index (κ1) is 23.4. The molecule has 1 saturated heterocycles. The third-order valence-corrected chi connectivity index (χ3v) is 6.30. The van der Waals surface area contributed by atoms with E-state index in [1.807, 2.05) is 48.3 Å². The molecule has 0 spiro atoms. The highest BCUT2D eigenvalue weighted by Gasteiger charge is 2.26. The summed E-state index contributed by atoms with van der Waals surface area (Å²) in [6, 6.07) is 9.55. The van der Waals surface area contributed by atoms with E-state index in [0.717, 1.165) is 42.7 Å². The average molecular weight is 463 g/mol. The van der Waals surface area contributed by atoms with Crippen LogP contribution in [0, 0.1) is 0 Å². The van der Waals surface area contributed by atoms with Crippen LogP contribution in [0.15, 0.2) is 49.3 Å². The molecular weight excluding hydrogens is 432 g/mol. The lowest BCUT2D eigenvalue weighted by atomic mass is 10.0. The SMILES string of the molecule is C=Cc1ccc(N2CCC(N(C)C(=O)COCCn3ccc4ccc(C(N)=O)nc43)CC2)nc1. The molecular formula is C25H30N6O3. The topological polar surface area (TPSA) is 107 Å². The van der Waals surface area contributed by atoms with Gasteiger partial charge in [-0.1, -0.05) is 12.7 Å². The maximum absolute atomic E-state index is 12.7. The van der Waals surface area contributed by atoms with Crippen LogP contribution in [-0.4, -0.2) is 70.6 Å². The highest BCUT2D eigenvalue weighted by molar-refractivity contribution is 5.93. The lowest BCUT2D eigenvalue weighted by molar-refractivity contribution is -0.137. The summed E-state index contributed by atoms with van der Waals surface area (Å²) in [5, 5.41) is 0.916. The van der Waals surface area contributed by atoms with Gasteiger partial charge in [-0.3, -0.25) is 9.59 Å². The number of nitrogens with zero attached hydrogens (tertiary/aromatic N) is 5. The van der Waals surface area contributed by atoms with Crippen molar-refractivity contribution in [1.82, 2.24) is 19.4 Å². The molecule has 0 aromatic carbocycles. The molecule has 0 atom stereocenters. The summed E-state index contributed by atoms with van der Waals surface area (Å²) in [7, 11) is 1.85. The van der Waals surface area contributed by atoms with Crippen LogP contribution in [-0.2, 0) is 16.1 Å². The molecule has 1 fully saturated rings. The Labute approximate surface area is 198 Å². The monoisotopic (exact) mass is 462 g/mol. The number of fused-ring (bicyclic) bond motifs is 1. The van der Waals surface area contributed by atoms with Gasteiger partial charge in [-0.2, -0.15) is 0 Å². The number of piperidine rings is 1. The second-order valence-electron chi connectivity index (χ2n) is 8.41. The smallest absolute Gasteiger partial charge is 0.267 e. The van der Waals surface area contributed by atoms with E-state index in [4.69, 9.17) is 10.5 Å². The van der Waals surface area contributed by atoms with Gasteiger partial charge in [0.15, 0.2) is 0 Å². The quantitative estimate of drug-likeness (QED) is 0.489. The Morgan fingerprint density at radius 1 is 1.24 bits per heavy atom. The van der Waals surface area contributed by atoms with Crippen LogP contribution in [0.4, 0.5) is 5.82 Å². The first-order valence-corrected chi connectivity index (χ1v) is 11.4. The standard InChI is InChI=1S/C25H30N6O3/c1-3-18-4-7-22(27-16-18)30-12-9-20(10-13-30)29(2)23(32)17-34-15-14-31-11-8-19-5-6-21(24(26)33)28-25(19)31/h3-8,11,16,20H,1,9-10,12-15,17H2,2H3,(H2,26,33). The molecule has 0 bridgehead atoms. The largest absolute Gasteiger partial charge is 0.370 e. The van der Waals surface area contributed by atoms with Gasteiger partial charge in [0.05, 0.1) is 6.61 Å². The zero-order chi connectivity index (χ0) is 24.1. The van der Waals surface area contributed by atoms with Gasteiger partial charge in [0.25, 0.3) is 5.91 Å². The maximum atomic E-state index is 12.7. The van der Waals surface area contributed by atoms with Crippen LogP contribution in [0.2, 0.25) is 0 Å². The van der Waals surface area contributed by atoms with E-state index >= 15 is 0 Å². The minimum absolute atomic E-state index is 0.0282. The maximum Gasteiger partial charge on any atom is 0.267 e. The van der Waals surface area contributed by atoms with Crippen LogP contribution < -0.4 is 10.6 Å². The Kier molecular flexibility index (Phi) is 7.22. The third kappa shape index (κ3) is 5.26. The number of carbonyl (C=O) groups excluding carboxylic acids is 2. The van der Waals surface area contributed by atoms with Crippen molar-refractivity contribution < 1.29 is 14.3 Å². The molecule has 0 radical (unpaired) electrons. The lowest BCUT2D eigenvalue weighted by Crippen LogP contribution is -2.46. The Hall–Kier alpha value is -3.72. The third-order valence-electron chi connectivity index (χ3n) is 6.30. The zero-order valence-corrected chi connectivity index (χ0v) is 19.4. The molecule has 9 heteroatoms. The van der Waals surface area contributed by atoms with E-state index < -0.39 is 5.91 Å². The van der Waals surface area contributed by atoms with Gasteiger partial charge in [-0.15, -0.1) is 0 Å². The van der Waals surface area contributed by atoms with Gasteiger partial charge in [0, 0.05) is 50.5 Å². The van der Waals surface area contributed by atoms with E-state index in [1.165, 1.54) is 0 Å². The normalized spacial score (nSPS) is 14.3. The molecule has 0 saturated carbocycles. The van der Waals surface area contributed by atoms with Crippen LogP contribution in [0.25, 0.3) is 17.1 Å². The van der Waals surface area contributed by atoms with Crippen molar-refractivity contribution in [2.45, 2.75) is 25.4 Å². The molecule has 3 aromatic heterocycles. The van der Waals surface area contributed by atoms with Gasteiger partial charge < -0.3 is 24.8 Å². The van der Waals surface area contributed by atoms with Gasteiger partial charge in [-0.25, -0.2) is 9.97 Å². The Balaban J connectivity index is 1.22. The second kappa shape index (κ2) is 10.5. The number of carbonyl (C=O) groups is 2. The number of hydrogen-bond acceptors (Lipinski definition) is 6. The number of rotatable bonds is 9. The molecule has 178 valence electrons. The highest BCUT2D eigenvalue weighted by Crippen LogP contribution is 2.21. The van der Waals surface area contributed by atoms with Crippen molar-refractivity contribution in [3.8, 4) is 0 Å². The van der Waals surface area contributed by atoms with E-state index in [1.54, 1.807) is 17.0 Å². The summed E-state index contributed by atoms with van der Waals surface area (Å²) in [5.41, 5.74) is 7.22. The number of hydrogen-bond donors (Lipinski definition) is 1. The fourth-order valence-electron chi connectivity index (χ4n) is 4.19. The van der Waals surface area contributed by atoms with Gasteiger partial charge >= 0.3 is 0 Å². The molecule has 34 heavy (non-hydrogen) atoms. The molecule has 2 N–H and O–H groups in total. The summed E-state index contributed by atoms with van der Waals surface area (Å²) < 4.78 is 7.55. The predicted molar refractivity (Wildman–Crippen MR) is 131 cm³/mol. The number of nitrogens with two attached hydrogens (primary N) is 1. The molecule has 4 rings (SSSR count). The number of primary amides is 1. The molecule has 0 aliphatic carbocycles. The Morgan fingerprint density at radius 3 is 2.71 bits per heavy atom. The summed E-state index contributed by atoms with van der Waals surface area (Å²) in [5.74, 6) is 0.363. The fraction of sp³-hybridized carbons (Fsp3) is 0.360. The number of amides is 2. The first-order chi connectivity index (χ1) is 16.5. The summed E-state index contributed by atoms with van der Waals surface area (Å²) in [4.78, 5) is 36.9. The number of likely N-dealkylation sites (N-methyl/N-ethyl adjacent to an activating group) is 1. The molecule has 4 heterocycles. The van der Waals surface area contributed by atoms with Crippen LogP contribution in [0.5, 0.6) is 0 Å². The summed E-state index contributed by atoms with van der Waals surface area (Å²) >= 11 is 0. The van der Waals surface area contributed by atoms with Crippen molar-refractivity contribution in [1.29, 1.82) is 0 Å². The Morgan fingerprint density at radius 2 is 2.03 bits per heavy atom. The number of anilines is 1. The van der Waals surface area contributed by atoms with Gasteiger partial charge in [-0.05, 0) is 48.7 Å². The van der Waals surface area contributed by atoms with Crippen LogP contribution in [0.1, 0.15) is 28.9 Å². The molecule has 3 aromatic rings. The van der Waals surface area contributed by atoms with Gasteiger partial charge in [0.2, 0.25) is 5.91 Å². The van der Waals surface area contributed by atoms with E-state index in [0.29, 0.717) is 18.8 Å².